The number of allylic oxidation sites excluding steroid dienone is 4. The van der Waals surface area contributed by atoms with E-state index in [0.29, 0.717) is 6.42 Å². The standard InChI is InChI=1S/C16H20O/c1-4-6-8-11-14(3)16(17,5-2)15-12-9-7-10-13-15/h4,6-13,17H,1,5H2,2-3H3/b8-6-,14-11+. The molecule has 0 aliphatic carbocycles. The average Bonchev–Trinajstić information content (AvgIpc) is 2.39. The first-order valence-corrected chi connectivity index (χ1v) is 5.89. The molecule has 0 fully saturated rings. The van der Waals surface area contributed by atoms with E-state index in [2.05, 4.69) is 6.58 Å². The Morgan fingerprint density at radius 2 is 1.94 bits per heavy atom. The highest BCUT2D eigenvalue weighted by atomic mass is 16.3. The highest BCUT2D eigenvalue weighted by Crippen LogP contribution is 2.32. The summed E-state index contributed by atoms with van der Waals surface area (Å²) in [5.41, 5.74) is 0.986. The van der Waals surface area contributed by atoms with Gasteiger partial charge in [0.1, 0.15) is 5.60 Å². The number of hydrogen-bond acceptors (Lipinski definition) is 1. The monoisotopic (exact) mass is 228 g/mol. The normalized spacial score (nSPS) is 15.8. The molecule has 1 rings (SSSR count). The summed E-state index contributed by atoms with van der Waals surface area (Å²) in [6.07, 6.45) is 8.05. The molecular formula is C16H20O. The summed E-state index contributed by atoms with van der Waals surface area (Å²) in [6.45, 7) is 7.56. The van der Waals surface area contributed by atoms with Crippen molar-refractivity contribution in [2.24, 2.45) is 0 Å². The minimum Gasteiger partial charge on any atom is -0.381 e. The van der Waals surface area contributed by atoms with Crippen molar-refractivity contribution in [1.82, 2.24) is 0 Å². The van der Waals surface area contributed by atoms with E-state index in [-0.39, 0.29) is 0 Å². The molecule has 0 amide bonds. The molecule has 0 saturated carbocycles. The summed E-state index contributed by atoms with van der Waals surface area (Å²) in [6, 6.07) is 9.76. The molecule has 0 spiro atoms. The Morgan fingerprint density at radius 1 is 1.29 bits per heavy atom. The molecule has 1 N–H and O–H groups in total. The molecule has 1 aromatic carbocycles. The zero-order valence-electron chi connectivity index (χ0n) is 10.6. The molecule has 1 nitrogen and oxygen atoms in total. The van der Waals surface area contributed by atoms with Crippen LogP contribution >= 0.6 is 0 Å². The number of hydrogen-bond donors (Lipinski definition) is 1. The molecular weight excluding hydrogens is 208 g/mol. The second kappa shape index (κ2) is 6.21. The third-order valence-corrected chi connectivity index (χ3v) is 3.01. The van der Waals surface area contributed by atoms with Gasteiger partial charge in [-0.1, -0.05) is 68.1 Å². The maximum Gasteiger partial charge on any atom is 0.110 e. The summed E-state index contributed by atoms with van der Waals surface area (Å²) in [5, 5.41) is 10.7. The fourth-order valence-electron chi connectivity index (χ4n) is 1.84. The maximum absolute atomic E-state index is 10.7. The third-order valence-electron chi connectivity index (χ3n) is 3.01. The topological polar surface area (TPSA) is 20.2 Å². The van der Waals surface area contributed by atoms with Crippen LogP contribution in [0.3, 0.4) is 0 Å². The molecule has 0 aliphatic rings. The van der Waals surface area contributed by atoms with Gasteiger partial charge in [0, 0.05) is 0 Å². The summed E-state index contributed by atoms with van der Waals surface area (Å²) < 4.78 is 0. The predicted octanol–water partition coefficient (Wildman–Crippen LogP) is 3.97. The smallest absolute Gasteiger partial charge is 0.110 e. The Morgan fingerprint density at radius 3 is 2.47 bits per heavy atom. The Hall–Kier alpha value is -1.60. The lowest BCUT2D eigenvalue weighted by Gasteiger charge is -2.28. The molecule has 0 aliphatic heterocycles. The van der Waals surface area contributed by atoms with Crippen LogP contribution in [0.1, 0.15) is 25.8 Å². The van der Waals surface area contributed by atoms with E-state index in [4.69, 9.17) is 0 Å². The van der Waals surface area contributed by atoms with Crippen molar-refractivity contribution in [2.75, 3.05) is 0 Å². The van der Waals surface area contributed by atoms with Crippen molar-refractivity contribution < 1.29 is 5.11 Å². The van der Waals surface area contributed by atoms with Crippen molar-refractivity contribution in [1.29, 1.82) is 0 Å². The average molecular weight is 228 g/mol. The van der Waals surface area contributed by atoms with Gasteiger partial charge in [-0.15, -0.1) is 0 Å². The van der Waals surface area contributed by atoms with Crippen LogP contribution in [0.4, 0.5) is 0 Å². The van der Waals surface area contributed by atoms with E-state index in [1.54, 1.807) is 6.08 Å². The largest absolute Gasteiger partial charge is 0.381 e. The van der Waals surface area contributed by atoms with Crippen LogP contribution in [0, 0.1) is 0 Å². The third kappa shape index (κ3) is 3.18. The van der Waals surface area contributed by atoms with Crippen LogP contribution in [0.15, 0.2) is 66.8 Å². The molecule has 0 aromatic heterocycles. The first-order valence-electron chi connectivity index (χ1n) is 5.89. The van der Waals surface area contributed by atoms with Gasteiger partial charge in [-0.2, -0.15) is 0 Å². The molecule has 0 saturated heterocycles. The van der Waals surface area contributed by atoms with E-state index < -0.39 is 5.60 Å². The van der Waals surface area contributed by atoms with Crippen LogP contribution in [-0.2, 0) is 5.60 Å². The molecule has 90 valence electrons. The summed E-state index contributed by atoms with van der Waals surface area (Å²) in [5.74, 6) is 0. The van der Waals surface area contributed by atoms with Gasteiger partial charge in [0.2, 0.25) is 0 Å². The van der Waals surface area contributed by atoms with Gasteiger partial charge < -0.3 is 5.11 Å². The maximum atomic E-state index is 10.7. The minimum absolute atomic E-state index is 0.654. The SMILES string of the molecule is C=C/C=C\C=C(/C)C(O)(CC)c1ccccc1. The molecule has 0 heterocycles. The van der Waals surface area contributed by atoms with E-state index in [0.717, 1.165) is 11.1 Å². The van der Waals surface area contributed by atoms with E-state index in [9.17, 15) is 5.11 Å². The van der Waals surface area contributed by atoms with E-state index >= 15 is 0 Å². The zero-order valence-corrected chi connectivity index (χ0v) is 10.6. The van der Waals surface area contributed by atoms with Gasteiger partial charge in [0.25, 0.3) is 0 Å². The zero-order chi connectivity index (χ0) is 12.7. The van der Waals surface area contributed by atoms with Crippen molar-refractivity contribution in [3.05, 3.63) is 72.4 Å². The fraction of sp³-hybridized carbons (Fsp3) is 0.250. The first kappa shape index (κ1) is 13.5. The van der Waals surface area contributed by atoms with Crippen LogP contribution in [0.5, 0.6) is 0 Å². The van der Waals surface area contributed by atoms with Crippen molar-refractivity contribution >= 4 is 0 Å². The first-order chi connectivity index (χ1) is 8.15. The Kier molecular flexibility index (Phi) is 4.92. The molecule has 1 heteroatoms. The quantitative estimate of drug-likeness (QED) is 0.756. The van der Waals surface area contributed by atoms with Crippen LogP contribution in [0.2, 0.25) is 0 Å². The van der Waals surface area contributed by atoms with Crippen LogP contribution in [0.25, 0.3) is 0 Å². The van der Waals surface area contributed by atoms with Crippen molar-refractivity contribution in [3.63, 3.8) is 0 Å². The lowest BCUT2D eigenvalue weighted by Crippen LogP contribution is -2.26. The van der Waals surface area contributed by atoms with Gasteiger partial charge in [-0.05, 0) is 24.5 Å². The predicted molar refractivity (Wildman–Crippen MR) is 73.7 cm³/mol. The molecule has 1 atom stereocenters. The number of benzene rings is 1. The van der Waals surface area contributed by atoms with Gasteiger partial charge >= 0.3 is 0 Å². The highest BCUT2D eigenvalue weighted by molar-refractivity contribution is 5.33. The van der Waals surface area contributed by atoms with Crippen LogP contribution in [-0.4, -0.2) is 5.11 Å². The second-order valence-electron chi connectivity index (χ2n) is 4.05. The van der Waals surface area contributed by atoms with Gasteiger partial charge in [-0.25, -0.2) is 0 Å². The minimum atomic E-state index is -0.882. The summed E-state index contributed by atoms with van der Waals surface area (Å²) in [4.78, 5) is 0. The van der Waals surface area contributed by atoms with E-state index in [1.165, 1.54) is 0 Å². The number of rotatable bonds is 5. The molecule has 1 unspecified atom stereocenters. The van der Waals surface area contributed by atoms with Gasteiger partial charge in [0.05, 0.1) is 0 Å². The number of aliphatic hydroxyl groups is 1. The van der Waals surface area contributed by atoms with Crippen molar-refractivity contribution in [3.8, 4) is 0 Å². The van der Waals surface area contributed by atoms with Gasteiger partial charge in [-0.3, -0.25) is 0 Å². The lowest BCUT2D eigenvalue weighted by atomic mass is 9.84. The molecule has 0 radical (unpaired) electrons. The molecule has 17 heavy (non-hydrogen) atoms. The highest BCUT2D eigenvalue weighted by Gasteiger charge is 2.28. The lowest BCUT2D eigenvalue weighted by molar-refractivity contribution is 0.0720. The fourth-order valence-corrected chi connectivity index (χ4v) is 1.84. The summed E-state index contributed by atoms with van der Waals surface area (Å²) in [7, 11) is 0. The van der Waals surface area contributed by atoms with Gasteiger partial charge in [0.15, 0.2) is 0 Å². The summed E-state index contributed by atoms with van der Waals surface area (Å²) >= 11 is 0. The second-order valence-corrected chi connectivity index (χ2v) is 4.05. The Balaban J connectivity index is 3.08. The van der Waals surface area contributed by atoms with Crippen molar-refractivity contribution in [2.45, 2.75) is 25.9 Å². The molecule has 0 bridgehead atoms. The van der Waals surface area contributed by atoms with E-state index in [1.807, 2.05) is 62.4 Å². The molecule has 1 aromatic rings. The Bertz CT molecular complexity index is 414. The van der Waals surface area contributed by atoms with Crippen LogP contribution < -0.4 is 0 Å². The Labute approximate surface area is 104 Å².